The Kier molecular flexibility index (Phi) is 6.50. The van der Waals surface area contributed by atoms with E-state index in [0.717, 1.165) is 5.56 Å². The van der Waals surface area contributed by atoms with E-state index >= 15 is 0 Å². The van der Waals surface area contributed by atoms with E-state index in [9.17, 15) is 8.42 Å². The second kappa shape index (κ2) is 8.08. The van der Waals surface area contributed by atoms with Crippen LogP contribution in [0, 0.1) is 19.8 Å². The highest BCUT2D eigenvalue weighted by atomic mass is 35.5. The van der Waals surface area contributed by atoms with Crippen LogP contribution in [-0.2, 0) is 16.6 Å². The van der Waals surface area contributed by atoms with Crippen LogP contribution >= 0.6 is 12.4 Å². The number of halogens is 1. The third-order valence-electron chi connectivity index (χ3n) is 5.15. The molecule has 1 aromatic heterocycles. The number of benzene rings is 1. The smallest absolute Gasteiger partial charge is 0.246 e. The number of rotatable bonds is 5. The number of hydrogen-bond acceptors (Lipinski definition) is 4. The van der Waals surface area contributed by atoms with E-state index in [1.165, 1.54) is 0 Å². The molecule has 2 aromatic rings. The Balaban J connectivity index is 0.00000243. The van der Waals surface area contributed by atoms with Crippen molar-refractivity contribution in [3.63, 3.8) is 0 Å². The fourth-order valence-corrected chi connectivity index (χ4v) is 5.73. The van der Waals surface area contributed by atoms with Crippen LogP contribution in [0.2, 0.25) is 0 Å². The Bertz CT molecular complexity index is 852. The molecule has 1 fully saturated rings. The van der Waals surface area contributed by atoms with Crippen LogP contribution in [0.5, 0.6) is 0 Å². The maximum Gasteiger partial charge on any atom is 0.246 e. The van der Waals surface area contributed by atoms with Gasteiger partial charge < -0.3 is 5.73 Å². The summed E-state index contributed by atoms with van der Waals surface area (Å²) < 4.78 is 29.9. The number of nitrogens with zero attached hydrogens (tertiary/aromatic N) is 3. The van der Waals surface area contributed by atoms with E-state index in [1.54, 1.807) is 15.9 Å². The van der Waals surface area contributed by atoms with Crippen LogP contribution in [0.25, 0.3) is 0 Å². The van der Waals surface area contributed by atoms with Gasteiger partial charge in [-0.15, -0.1) is 12.4 Å². The van der Waals surface area contributed by atoms with Gasteiger partial charge in [0.05, 0.1) is 11.4 Å². The molecule has 0 amide bonds. The molecule has 0 saturated carbocycles. The van der Waals surface area contributed by atoms with Crippen molar-refractivity contribution < 1.29 is 8.42 Å². The van der Waals surface area contributed by atoms with Crippen molar-refractivity contribution >= 4 is 22.4 Å². The van der Waals surface area contributed by atoms with Gasteiger partial charge in [0.25, 0.3) is 0 Å². The second-order valence-electron chi connectivity index (χ2n) is 6.65. The monoisotopic (exact) mass is 398 g/mol. The highest BCUT2D eigenvalue weighted by Crippen LogP contribution is 2.36. The second-order valence-corrected chi connectivity index (χ2v) is 8.53. The SMILES string of the molecule is CCn1nc(C)c(S(=O)(=O)N2C[C@@H](CN)[C@H](c3ccccc3)C2)c1C.Cl. The van der Waals surface area contributed by atoms with Crippen LogP contribution in [0.15, 0.2) is 35.2 Å². The van der Waals surface area contributed by atoms with Gasteiger partial charge in [-0.3, -0.25) is 4.68 Å². The van der Waals surface area contributed by atoms with Gasteiger partial charge in [-0.05, 0) is 38.8 Å². The minimum absolute atomic E-state index is 0. The quantitative estimate of drug-likeness (QED) is 0.837. The minimum Gasteiger partial charge on any atom is -0.330 e. The molecule has 8 heteroatoms. The first-order chi connectivity index (χ1) is 11.9. The summed E-state index contributed by atoms with van der Waals surface area (Å²) in [5, 5.41) is 4.37. The zero-order chi connectivity index (χ0) is 18.2. The Morgan fingerprint density at radius 1 is 1.19 bits per heavy atom. The third-order valence-corrected chi connectivity index (χ3v) is 7.24. The highest BCUT2D eigenvalue weighted by Gasteiger charge is 2.41. The maximum absolute atomic E-state index is 13.3. The molecule has 0 spiro atoms. The molecule has 1 aliphatic rings. The minimum atomic E-state index is -3.58. The zero-order valence-corrected chi connectivity index (χ0v) is 17.1. The number of nitrogens with two attached hydrogens (primary N) is 1. The van der Waals surface area contributed by atoms with Gasteiger partial charge in [0.15, 0.2) is 0 Å². The van der Waals surface area contributed by atoms with Crippen LogP contribution < -0.4 is 5.73 Å². The Labute approximate surface area is 161 Å². The normalized spacial score (nSPS) is 20.9. The van der Waals surface area contributed by atoms with E-state index in [-0.39, 0.29) is 24.2 Å². The number of aryl methyl sites for hydroxylation is 2. The summed E-state index contributed by atoms with van der Waals surface area (Å²) in [6, 6.07) is 10.0. The van der Waals surface area contributed by atoms with Gasteiger partial charge in [-0.25, -0.2) is 8.42 Å². The number of hydrogen-bond donors (Lipinski definition) is 1. The van der Waals surface area contributed by atoms with Crippen molar-refractivity contribution in [3.05, 3.63) is 47.3 Å². The third kappa shape index (κ3) is 3.53. The summed E-state index contributed by atoms with van der Waals surface area (Å²) in [6.07, 6.45) is 0. The van der Waals surface area contributed by atoms with E-state index in [0.29, 0.717) is 42.5 Å². The summed E-state index contributed by atoms with van der Waals surface area (Å²) in [4.78, 5) is 0.346. The molecular formula is C18H27ClN4O2S. The fourth-order valence-electron chi connectivity index (χ4n) is 3.84. The van der Waals surface area contributed by atoms with Crippen molar-refractivity contribution in [2.24, 2.45) is 11.7 Å². The molecular weight excluding hydrogens is 372 g/mol. The lowest BCUT2D eigenvalue weighted by atomic mass is 9.89. The van der Waals surface area contributed by atoms with E-state index in [4.69, 9.17) is 5.73 Å². The molecule has 2 N–H and O–H groups in total. The summed E-state index contributed by atoms with van der Waals surface area (Å²) >= 11 is 0. The van der Waals surface area contributed by atoms with Crippen molar-refractivity contribution in [2.45, 2.75) is 38.1 Å². The lowest BCUT2D eigenvalue weighted by Crippen LogP contribution is -2.30. The summed E-state index contributed by atoms with van der Waals surface area (Å²) in [6.45, 7) is 7.58. The lowest BCUT2D eigenvalue weighted by molar-refractivity contribution is 0.458. The molecule has 26 heavy (non-hydrogen) atoms. The van der Waals surface area contributed by atoms with Gasteiger partial charge in [-0.1, -0.05) is 30.3 Å². The molecule has 1 aromatic carbocycles. The molecule has 0 bridgehead atoms. The Morgan fingerprint density at radius 3 is 2.38 bits per heavy atom. The first-order valence-corrected chi connectivity index (χ1v) is 10.1. The predicted octanol–water partition coefficient (Wildman–Crippen LogP) is 2.30. The largest absolute Gasteiger partial charge is 0.330 e. The summed E-state index contributed by atoms with van der Waals surface area (Å²) in [5.41, 5.74) is 8.36. The number of sulfonamides is 1. The Morgan fingerprint density at radius 2 is 1.85 bits per heavy atom. The zero-order valence-electron chi connectivity index (χ0n) is 15.4. The summed E-state index contributed by atoms with van der Waals surface area (Å²) in [5.74, 6) is 0.252. The van der Waals surface area contributed by atoms with Gasteiger partial charge in [0, 0.05) is 25.6 Å². The molecule has 2 heterocycles. The standard InChI is InChI=1S/C18H26N4O2S.ClH/c1-4-22-14(3)18(13(2)20-22)25(23,24)21-11-16(10-19)17(12-21)15-8-6-5-7-9-15;/h5-9,16-17H,4,10-12,19H2,1-3H3;1H/t16-,17+;/m1./s1. The molecule has 0 radical (unpaired) electrons. The van der Waals surface area contributed by atoms with Crippen LogP contribution in [0.1, 0.15) is 29.8 Å². The highest BCUT2D eigenvalue weighted by molar-refractivity contribution is 7.89. The molecule has 0 unspecified atom stereocenters. The maximum atomic E-state index is 13.3. The van der Waals surface area contributed by atoms with Crippen LogP contribution in [-0.4, -0.2) is 42.1 Å². The number of aromatic nitrogens is 2. The first kappa shape index (κ1) is 20.9. The molecule has 1 saturated heterocycles. The predicted molar refractivity (Wildman–Crippen MR) is 105 cm³/mol. The van der Waals surface area contributed by atoms with Crippen molar-refractivity contribution in [1.29, 1.82) is 0 Å². The Hall–Kier alpha value is -1.41. The molecule has 3 rings (SSSR count). The summed E-state index contributed by atoms with van der Waals surface area (Å²) in [7, 11) is -3.58. The molecule has 6 nitrogen and oxygen atoms in total. The fraction of sp³-hybridized carbons (Fsp3) is 0.500. The first-order valence-electron chi connectivity index (χ1n) is 8.69. The van der Waals surface area contributed by atoms with Gasteiger partial charge in [-0.2, -0.15) is 9.40 Å². The van der Waals surface area contributed by atoms with Gasteiger partial charge >= 0.3 is 0 Å². The van der Waals surface area contributed by atoms with Crippen molar-refractivity contribution in [2.75, 3.05) is 19.6 Å². The van der Waals surface area contributed by atoms with E-state index < -0.39 is 10.0 Å². The van der Waals surface area contributed by atoms with E-state index in [2.05, 4.69) is 17.2 Å². The topological polar surface area (TPSA) is 81.2 Å². The van der Waals surface area contributed by atoms with Crippen molar-refractivity contribution in [3.8, 4) is 0 Å². The van der Waals surface area contributed by atoms with E-state index in [1.807, 2.05) is 32.0 Å². The van der Waals surface area contributed by atoms with Crippen LogP contribution in [0.3, 0.4) is 0 Å². The molecule has 1 aliphatic heterocycles. The van der Waals surface area contributed by atoms with Gasteiger partial charge in [0.2, 0.25) is 10.0 Å². The average molecular weight is 399 g/mol. The van der Waals surface area contributed by atoms with Gasteiger partial charge in [0.1, 0.15) is 4.90 Å². The molecule has 144 valence electrons. The lowest BCUT2D eigenvalue weighted by Gasteiger charge is -2.17. The molecule has 0 aliphatic carbocycles. The van der Waals surface area contributed by atoms with Crippen LogP contribution in [0.4, 0.5) is 0 Å². The molecule has 2 atom stereocenters. The average Bonchev–Trinajstić information content (AvgIpc) is 3.17. The van der Waals surface area contributed by atoms with Crippen molar-refractivity contribution in [1.82, 2.24) is 14.1 Å².